The number of fused-ring (bicyclic) bond motifs is 1. The fourth-order valence-electron chi connectivity index (χ4n) is 4.75. The van der Waals surface area contributed by atoms with Crippen LogP contribution < -0.4 is 16.5 Å². The van der Waals surface area contributed by atoms with E-state index in [1.807, 2.05) is 0 Å². The number of alkyl carbamates (subject to hydrolysis) is 1. The molecule has 0 saturated carbocycles. The molecule has 2 heterocycles. The third kappa shape index (κ3) is 8.36. The van der Waals surface area contributed by atoms with E-state index in [4.69, 9.17) is 69.3 Å². The van der Waals surface area contributed by atoms with Crippen LogP contribution in [-0.4, -0.2) is 125 Å². The summed E-state index contributed by atoms with van der Waals surface area (Å²) in [6.07, 6.45) is -3.30. The Morgan fingerprint density at radius 1 is 1.11 bits per heavy atom. The highest BCUT2D eigenvalue weighted by molar-refractivity contribution is 8.00. The molecule has 1 saturated heterocycles. The van der Waals surface area contributed by atoms with Gasteiger partial charge in [0, 0.05) is 27.8 Å². The average Bonchev–Trinajstić information content (AvgIpc) is 2.92. The number of thioether (sulfide) groups is 1. The third-order valence-corrected chi connectivity index (χ3v) is 8.56. The molecule has 0 aromatic carbocycles. The molecule has 5 atom stereocenters. The number of nitrogens with two attached hydrogens (primary N) is 1. The number of amides is 4. The zero-order chi connectivity index (χ0) is 33.5. The number of ether oxygens (including phenoxy) is 5. The van der Waals surface area contributed by atoms with Gasteiger partial charge in [-0.25, -0.2) is 19.2 Å². The van der Waals surface area contributed by atoms with Crippen molar-refractivity contribution in [3.8, 4) is 0 Å². The zero-order valence-electron chi connectivity index (χ0n) is 23.6. The first-order valence-corrected chi connectivity index (χ1v) is 14.6. The number of methoxy groups -OCH3 is 3. The maximum Gasteiger partial charge on any atom is 0.407 e. The lowest BCUT2D eigenvalue weighted by Crippen LogP contribution is -2.90. The van der Waals surface area contributed by atoms with Crippen molar-refractivity contribution in [2.45, 2.75) is 45.3 Å². The smallest absolute Gasteiger partial charge is 0.407 e. The standard InChI is InChI=1S/C23H31Cl3N4O13S/c1-39-8-13-11(7-42-20(27)37)15(17(34)35)30(18(36)22(41-3,9-40-2)19(30)44-13)29-16(33)12(5-4-6-14(31)32)28-21(38)43-10-23(24,25)26/h12-13,19H,4-10H2,1-3H3,(H5-,27,28,29,31,32,33,34,35,37,38)/p+1/t12?,13?,19-,22+,30?/m0/s1. The Balaban J connectivity index is 2.65. The van der Waals surface area contributed by atoms with Gasteiger partial charge in [0.2, 0.25) is 9.17 Å². The molecule has 0 aromatic heterocycles. The first-order valence-electron chi connectivity index (χ1n) is 12.6. The summed E-state index contributed by atoms with van der Waals surface area (Å²) < 4.78 is 22.3. The second-order valence-corrected chi connectivity index (χ2v) is 13.2. The van der Waals surface area contributed by atoms with Crippen molar-refractivity contribution in [3.63, 3.8) is 0 Å². The van der Waals surface area contributed by atoms with Crippen LogP contribution in [0.1, 0.15) is 19.3 Å². The highest BCUT2D eigenvalue weighted by Gasteiger charge is 2.82. The van der Waals surface area contributed by atoms with Gasteiger partial charge in [0.1, 0.15) is 19.3 Å². The number of hydrogen-bond acceptors (Lipinski definition) is 12. The number of carboxylic acid groups (broad SMARTS) is 2. The lowest BCUT2D eigenvalue weighted by molar-refractivity contribution is -0.903. The molecule has 248 valence electrons. The van der Waals surface area contributed by atoms with Gasteiger partial charge < -0.3 is 44.9 Å². The van der Waals surface area contributed by atoms with Gasteiger partial charge in [-0.1, -0.05) is 46.6 Å². The van der Waals surface area contributed by atoms with Crippen LogP contribution in [0.15, 0.2) is 11.3 Å². The van der Waals surface area contributed by atoms with Crippen LogP contribution in [-0.2, 0) is 42.9 Å². The van der Waals surface area contributed by atoms with Crippen molar-refractivity contribution in [2.75, 3.05) is 47.8 Å². The Morgan fingerprint density at radius 2 is 1.77 bits per heavy atom. The van der Waals surface area contributed by atoms with E-state index >= 15 is 0 Å². The SMILES string of the molecule is COCC1S[C@H]2[C@](COC)(OC)C(=O)[N+]2(NC(=O)C(CCCC(=O)O)NC(=O)OCC(Cl)(Cl)Cl)C(C(=O)O)=C1COC(N)=O. The van der Waals surface area contributed by atoms with Crippen molar-refractivity contribution in [3.05, 3.63) is 11.3 Å². The van der Waals surface area contributed by atoms with Gasteiger partial charge in [0.05, 0.1) is 24.0 Å². The average molecular weight is 711 g/mol. The Morgan fingerprint density at radius 3 is 2.27 bits per heavy atom. The molecule has 2 aliphatic heterocycles. The number of alkyl halides is 3. The summed E-state index contributed by atoms with van der Waals surface area (Å²) in [6.45, 7) is -1.85. The summed E-state index contributed by atoms with van der Waals surface area (Å²) in [4.78, 5) is 75.7. The van der Waals surface area contributed by atoms with Gasteiger partial charge in [-0.3, -0.25) is 9.59 Å². The van der Waals surface area contributed by atoms with Crippen molar-refractivity contribution in [2.24, 2.45) is 5.73 Å². The lowest BCUT2D eigenvalue weighted by Gasteiger charge is -2.59. The monoisotopic (exact) mass is 709 g/mol. The summed E-state index contributed by atoms with van der Waals surface area (Å²) in [6, 6.07) is -1.57. The van der Waals surface area contributed by atoms with Crippen LogP contribution in [0.25, 0.3) is 0 Å². The molecule has 4 amide bonds. The molecule has 3 unspecified atom stereocenters. The molecule has 0 bridgehead atoms. The number of nitrogens with one attached hydrogen (secondary N) is 2. The van der Waals surface area contributed by atoms with E-state index < -0.39 is 91.9 Å². The predicted octanol–water partition coefficient (Wildman–Crippen LogP) is 0.648. The number of nitrogens with zero attached hydrogens (tertiary/aromatic N) is 1. The highest BCUT2D eigenvalue weighted by atomic mass is 35.6. The van der Waals surface area contributed by atoms with Crippen LogP contribution in [0.5, 0.6) is 0 Å². The van der Waals surface area contributed by atoms with Gasteiger partial charge in [0.25, 0.3) is 17.2 Å². The highest BCUT2D eigenvalue weighted by Crippen LogP contribution is 2.55. The molecule has 0 aromatic rings. The number of aliphatic carboxylic acids is 2. The Bertz CT molecular complexity index is 1190. The van der Waals surface area contributed by atoms with E-state index in [1.54, 1.807) is 0 Å². The van der Waals surface area contributed by atoms with Crippen LogP contribution in [0, 0.1) is 0 Å². The van der Waals surface area contributed by atoms with Gasteiger partial charge in [-0.2, -0.15) is 5.43 Å². The number of primary amides is 1. The van der Waals surface area contributed by atoms with Crippen molar-refractivity contribution in [1.29, 1.82) is 0 Å². The molecule has 0 aliphatic carbocycles. The minimum Gasteiger partial charge on any atom is -0.481 e. The van der Waals surface area contributed by atoms with Crippen molar-refractivity contribution in [1.82, 2.24) is 10.7 Å². The maximum absolute atomic E-state index is 14.1. The number of quaternary nitrogens is 1. The molecule has 0 radical (unpaired) electrons. The topological polar surface area (TPSA) is 239 Å². The van der Waals surface area contributed by atoms with Crippen LogP contribution >= 0.6 is 46.6 Å². The van der Waals surface area contributed by atoms with E-state index in [2.05, 4.69) is 10.7 Å². The molecule has 44 heavy (non-hydrogen) atoms. The fourth-order valence-corrected chi connectivity index (χ4v) is 6.71. The van der Waals surface area contributed by atoms with Gasteiger partial charge in [-0.05, 0) is 12.8 Å². The maximum atomic E-state index is 14.1. The number of carbonyl (C=O) groups excluding carboxylic acids is 4. The second kappa shape index (κ2) is 15.6. The molecule has 2 aliphatic rings. The molecule has 17 nitrogen and oxygen atoms in total. The van der Waals surface area contributed by atoms with E-state index in [1.165, 1.54) is 21.3 Å². The number of carbonyl (C=O) groups is 6. The quantitative estimate of drug-likeness (QED) is 0.0840. The number of rotatable bonds is 16. The lowest BCUT2D eigenvalue weighted by atomic mass is 9.87. The number of halogens is 3. The second-order valence-electron chi connectivity index (χ2n) is 9.42. The summed E-state index contributed by atoms with van der Waals surface area (Å²) in [5.74, 6) is -4.95. The summed E-state index contributed by atoms with van der Waals surface area (Å²) in [7, 11) is 3.82. The minimum atomic E-state index is -1.99. The minimum absolute atomic E-state index is 0.112. The zero-order valence-corrected chi connectivity index (χ0v) is 26.7. The molecular weight excluding hydrogens is 679 g/mol. The largest absolute Gasteiger partial charge is 0.481 e. The summed E-state index contributed by atoms with van der Waals surface area (Å²) >= 11 is 17.8. The van der Waals surface area contributed by atoms with E-state index in [9.17, 15) is 33.9 Å². The molecular formula is C23H32Cl3N4O13S+. The van der Waals surface area contributed by atoms with Gasteiger partial charge >= 0.3 is 30.0 Å². The molecule has 0 spiro atoms. The summed E-state index contributed by atoms with van der Waals surface area (Å²) in [5.41, 5.74) is 4.93. The Kier molecular flexibility index (Phi) is 13.3. The Labute approximate surface area is 270 Å². The Hall–Kier alpha value is -2.58. The fraction of sp³-hybridized carbons (Fsp3) is 0.652. The number of β-lactam (4-membered cyclic amide) rings is 1. The van der Waals surface area contributed by atoms with Crippen LogP contribution in [0.4, 0.5) is 9.59 Å². The predicted molar refractivity (Wildman–Crippen MR) is 152 cm³/mol. The van der Waals surface area contributed by atoms with Crippen LogP contribution in [0.2, 0.25) is 0 Å². The molecule has 21 heteroatoms. The van der Waals surface area contributed by atoms with E-state index in [0.717, 1.165) is 11.8 Å². The van der Waals surface area contributed by atoms with E-state index in [-0.39, 0.29) is 31.6 Å². The first-order chi connectivity index (χ1) is 20.5. The van der Waals surface area contributed by atoms with Crippen LogP contribution in [0.3, 0.4) is 0 Å². The summed E-state index contributed by atoms with van der Waals surface area (Å²) in [5, 5.41) is 19.7. The third-order valence-electron chi connectivity index (χ3n) is 6.53. The van der Waals surface area contributed by atoms with Gasteiger partial charge in [-0.15, -0.1) is 4.59 Å². The number of carboxylic acids is 2. The van der Waals surface area contributed by atoms with Crippen molar-refractivity contribution < 1.29 is 67.3 Å². The molecule has 6 N–H and O–H groups in total. The molecule has 1 fully saturated rings. The van der Waals surface area contributed by atoms with E-state index in [0.29, 0.717) is 0 Å². The molecule has 2 rings (SSSR count). The van der Waals surface area contributed by atoms with Crippen molar-refractivity contribution >= 4 is 82.5 Å². The first kappa shape index (κ1) is 37.6. The normalized spacial score (nSPS) is 25.3. The van der Waals surface area contributed by atoms with Gasteiger partial charge in [0.15, 0.2) is 0 Å². The number of hydrogen-bond donors (Lipinski definition) is 5.